The fourth-order valence-corrected chi connectivity index (χ4v) is 2.75. The zero-order chi connectivity index (χ0) is 14.7. The first-order valence-electron chi connectivity index (χ1n) is 5.75. The second kappa shape index (κ2) is 7.02. The molecule has 0 saturated carbocycles. The predicted molar refractivity (Wildman–Crippen MR) is 93.2 cm³/mol. The van der Waals surface area contributed by atoms with E-state index in [9.17, 15) is 0 Å². The van der Waals surface area contributed by atoms with Gasteiger partial charge >= 0.3 is 0 Å². The van der Waals surface area contributed by atoms with Gasteiger partial charge in [0.15, 0.2) is 5.82 Å². The fraction of sp³-hybridized carbons (Fsp3) is 0.231. The molecule has 20 heavy (non-hydrogen) atoms. The molecule has 0 spiro atoms. The van der Waals surface area contributed by atoms with Crippen molar-refractivity contribution >= 4 is 55.9 Å². The zero-order valence-electron chi connectivity index (χ0n) is 10.9. The molecule has 0 unspecified atom stereocenters. The molecule has 1 aromatic carbocycles. The van der Waals surface area contributed by atoms with Crippen LogP contribution in [0.2, 0.25) is 5.02 Å². The van der Waals surface area contributed by atoms with Crippen LogP contribution in [-0.2, 0) is 11.3 Å². The summed E-state index contributed by atoms with van der Waals surface area (Å²) in [6.07, 6.45) is 0. The van der Waals surface area contributed by atoms with Crippen LogP contribution in [0, 0.1) is 3.57 Å². The number of rotatable bonds is 4. The number of nitrogens with one attached hydrogen (secondary N) is 1. The number of hydrogen-bond acceptors (Lipinski definition) is 4. The van der Waals surface area contributed by atoms with Gasteiger partial charge in [-0.25, -0.2) is 9.97 Å². The van der Waals surface area contributed by atoms with Crippen LogP contribution in [0.4, 0.5) is 5.82 Å². The Hall–Kier alpha value is -0.440. The number of benzene rings is 1. The van der Waals surface area contributed by atoms with E-state index >= 15 is 0 Å². The predicted octanol–water partition coefficient (Wildman–Crippen LogP) is 4.35. The van der Waals surface area contributed by atoms with E-state index < -0.39 is 0 Å². The van der Waals surface area contributed by atoms with E-state index in [1.54, 1.807) is 7.11 Å². The van der Waals surface area contributed by atoms with Gasteiger partial charge in [-0.3, -0.25) is 0 Å². The van der Waals surface area contributed by atoms with Crippen LogP contribution in [0.3, 0.4) is 0 Å². The molecule has 0 aliphatic heterocycles. The standard InChI is InChI=1S/C13H12BrClIN3O/c1-17-13-11(16)10(6-20-2)18-12(19-13)7-3-4-8(14)9(15)5-7/h3-5H,6H2,1-2H3,(H,17,18,19). The van der Waals surface area contributed by atoms with Crippen LogP contribution in [0.15, 0.2) is 22.7 Å². The Balaban J connectivity index is 2.55. The Kier molecular flexibility index (Phi) is 5.59. The van der Waals surface area contributed by atoms with Crippen molar-refractivity contribution in [2.75, 3.05) is 19.5 Å². The minimum Gasteiger partial charge on any atom is -0.378 e. The quantitative estimate of drug-likeness (QED) is 0.678. The molecule has 1 heterocycles. The first-order chi connectivity index (χ1) is 9.56. The van der Waals surface area contributed by atoms with Crippen molar-refractivity contribution in [2.24, 2.45) is 0 Å². The Morgan fingerprint density at radius 2 is 2.15 bits per heavy atom. The summed E-state index contributed by atoms with van der Waals surface area (Å²) in [5, 5.41) is 3.70. The van der Waals surface area contributed by atoms with Gasteiger partial charge in [-0.15, -0.1) is 0 Å². The van der Waals surface area contributed by atoms with Gasteiger partial charge in [0.25, 0.3) is 0 Å². The lowest BCUT2D eigenvalue weighted by Crippen LogP contribution is -2.06. The van der Waals surface area contributed by atoms with Gasteiger partial charge in [0, 0.05) is 24.2 Å². The molecule has 0 fully saturated rings. The van der Waals surface area contributed by atoms with E-state index in [2.05, 4.69) is 53.8 Å². The second-order valence-electron chi connectivity index (χ2n) is 3.97. The third-order valence-electron chi connectivity index (χ3n) is 2.62. The topological polar surface area (TPSA) is 47.0 Å². The van der Waals surface area contributed by atoms with E-state index in [0.717, 1.165) is 25.1 Å². The second-order valence-corrected chi connectivity index (χ2v) is 6.31. The van der Waals surface area contributed by atoms with Gasteiger partial charge in [0.2, 0.25) is 0 Å². The summed E-state index contributed by atoms with van der Waals surface area (Å²) in [5.41, 5.74) is 1.71. The monoisotopic (exact) mass is 467 g/mol. The van der Waals surface area contributed by atoms with Crippen LogP contribution in [0.25, 0.3) is 11.4 Å². The van der Waals surface area contributed by atoms with Crippen LogP contribution in [0.5, 0.6) is 0 Å². The van der Waals surface area contributed by atoms with Crippen molar-refractivity contribution in [2.45, 2.75) is 6.61 Å². The van der Waals surface area contributed by atoms with Gasteiger partial charge in [-0.2, -0.15) is 0 Å². The Morgan fingerprint density at radius 3 is 2.75 bits per heavy atom. The maximum Gasteiger partial charge on any atom is 0.161 e. The summed E-state index contributed by atoms with van der Waals surface area (Å²) < 4.78 is 6.99. The van der Waals surface area contributed by atoms with Crippen molar-refractivity contribution in [3.8, 4) is 11.4 Å². The Morgan fingerprint density at radius 1 is 1.40 bits per heavy atom. The Bertz CT molecular complexity index is 639. The lowest BCUT2D eigenvalue weighted by molar-refractivity contribution is 0.181. The number of hydrogen-bond donors (Lipinski definition) is 1. The molecule has 0 aliphatic rings. The highest BCUT2D eigenvalue weighted by molar-refractivity contribution is 14.1. The highest BCUT2D eigenvalue weighted by atomic mass is 127. The fourth-order valence-electron chi connectivity index (χ4n) is 1.66. The third-order valence-corrected chi connectivity index (χ3v) is 4.98. The van der Waals surface area contributed by atoms with Gasteiger partial charge in [-0.1, -0.05) is 11.6 Å². The summed E-state index contributed by atoms with van der Waals surface area (Å²) >= 11 is 11.7. The van der Waals surface area contributed by atoms with Gasteiger partial charge < -0.3 is 10.1 Å². The minimum atomic E-state index is 0.437. The number of nitrogens with zero attached hydrogens (tertiary/aromatic N) is 2. The molecular weight excluding hydrogens is 456 g/mol. The average molecular weight is 469 g/mol. The highest BCUT2D eigenvalue weighted by Crippen LogP contribution is 2.29. The molecule has 2 rings (SSSR count). The van der Waals surface area contributed by atoms with Crippen molar-refractivity contribution in [3.05, 3.63) is 37.0 Å². The molecule has 0 aliphatic carbocycles. The molecule has 7 heteroatoms. The van der Waals surface area contributed by atoms with Gasteiger partial charge in [0.05, 0.1) is 20.9 Å². The molecule has 1 aromatic heterocycles. The molecule has 106 valence electrons. The normalized spacial score (nSPS) is 10.7. The van der Waals surface area contributed by atoms with E-state index in [4.69, 9.17) is 16.3 Å². The molecule has 0 atom stereocenters. The molecule has 4 nitrogen and oxygen atoms in total. The van der Waals surface area contributed by atoms with Crippen molar-refractivity contribution in [3.63, 3.8) is 0 Å². The molecule has 0 saturated heterocycles. The summed E-state index contributed by atoms with van der Waals surface area (Å²) in [6.45, 7) is 0.437. The van der Waals surface area contributed by atoms with E-state index in [1.807, 2.05) is 25.2 Å². The largest absolute Gasteiger partial charge is 0.378 e. The van der Waals surface area contributed by atoms with E-state index in [1.165, 1.54) is 0 Å². The molecule has 1 N–H and O–H groups in total. The SMILES string of the molecule is CNc1nc(-c2ccc(Br)c(Cl)c2)nc(COC)c1I. The molecular formula is C13H12BrClIN3O. The summed E-state index contributed by atoms with van der Waals surface area (Å²) in [7, 11) is 3.48. The zero-order valence-corrected chi connectivity index (χ0v) is 15.4. The smallest absolute Gasteiger partial charge is 0.161 e. The van der Waals surface area contributed by atoms with E-state index in [0.29, 0.717) is 17.5 Å². The number of ether oxygens (including phenoxy) is 1. The molecule has 0 amide bonds. The van der Waals surface area contributed by atoms with Crippen molar-refractivity contribution in [1.82, 2.24) is 9.97 Å². The summed E-state index contributed by atoms with van der Waals surface area (Å²) in [6, 6.07) is 5.64. The van der Waals surface area contributed by atoms with Crippen LogP contribution < -0.4 is 5.32 Å². The first kappa shape index (κ1) is 15.9. The van der Waals surface area contributed by atoms with Crippen molar-refractivity contribution < 1.29 is 4.74 Å². The van der Waals surface area contributed by atoms with Crippen LogP contribution >= 0.6 is 50.1 Å². The van der Waals surface area contributed by atoms with Gasteiger partial charge in [-0.05, 0) is 56.7 Å². The molecule has 0 radical (unpaired) electrons. The maximum absolute atomic E-state index is 6.13. The summed E-state index contributed by atoms with van der Waals surface area (Å²) in [4.78, 5) is 9.07. The minimum absolute atomic E-state index is 0.437. The lowest BCUT2D eigenvalue weighted by atomic mass is 10.2. The third kappa shape index (κ3) is 3.41. The first-order valence-corrected chi connectivity index (χ1v) is 8.00. The maximum atomic E-state index is 6.13. The van der Waals surface area contributed by atoms with Gasteiger partial charge in [0.1, 0.15) is 5.82 Å². The summed E-state index contributed by atoms with van der Waals surface area (Å²) in [5.74, 6) is 1.40. The van der Waals surface area contributed by atoms with Crippen LogP contribution in [-0.4, -0.2) is 24.1 Å². The van der Waals surface area contributed by atoms with E-state index in [-0.39, 0.29) is 0 Å². The number of halogens is 3. The number of methoxy groups -OCH3 is 1. The highest BCUT2D eigenvalue weighted by Gasteiger charge is 2.13. The average Bonchev–Trinajstić information content (AvgIpc) is 2.44. The molecule has 0 bridgehead atoms. The van der Waals surface area contributed by atoms with Crippen molar-refractivity contribution in [1.29, 1.82) is 0 Å². The Labute approximate surface area is 144 Å². The lowest BCUT2D eigenvalue weighted by Gasteiger charge is -2.11. The molecule has 2 aromatic rings. The van der Waals surface area contributed by atoms with Crippen LogP contribution in [0.1, 0.15) is 5.69 Å². The number of anilines is 1. The number of aromatic nitrogens is 2.